The topological polar surface area (TPSA) is 40.5 Å². The number of thiocarbonyl (C=S) groups is 1. The van der Waals surface area contributed by atoms with Gasteiger partial charge in [0.2, 0.25) is 0 Å². The Morgan fingerprint density at radius 3 is 2.21 bits per heavy atom. The van der Waals surface area contributed by atoms with Gasteiger partial charge in [-0.25, -0.2) is 0 Å². The lowest BCUT2D eigenvalue weighted by Gasteiger charge is -2.34. The minimum atomic E-state index is -0.740. The maximum absolute atomic E-state index is 11.6. The molecule has 0 amide bonds. The molecule has 0 spiro atoms. The highest BCUT2D eigenvalue weighted by molar-refractivity contribution is 8.24. The molecule has 106 valence electrons. The van der Waals surface area contributed by atoms with Gasteiger partial charge >= 0.3 is 5.97 Å². The maximum atomic E-state index is 11.6. The molecular formula is C14H21NO2S2. The molecule has 0 atom stereocenters. The van der Waals surface area contributed by atoms with E-state index in [2.05, 4.69) is 13.2 Å². The number of carboxylic acid groups (broad SMARTS) is 1. The van der Waals surface area contributed by atoms with E-state index in [4.69, 9.17) is 12.2 Å². The monoisotopic (exact) mass is 299 g/mol. The first-order valence-electron chi connectivity index (χ1n) is 6.49. The summed E-state index contributed by atoms with van der Waals surface area (Å²) in [5.41, 5.74) is 0. The van der Waals surface area contributed by atoms with E-state index in [0.29, 0.717) is 30.3 Å². The molecule has 1 fully saturated rings. The standard InChI is InChI=1S/C14H21NO2S2/c1-3-10-15(11-4-2)13(18)19-14(12(16)17)8-6-5-7-9-14/h3-4H,1-2,5-11H2,(H,16,17). The van der Waals surface area contributed by atoms with Crippen molar-refractivity contribution in [2.24, 2.45) is 0 Å². The smallest absolute Gasteiger partial charge is 0.320 e. The molecule has 0 aromatic rings. The number of aliphatic carboxylic acids is 1. The number of thioether (sulfide) groups is 1. The van der Waals surface area contributed by atoms with Gasteiger partial charge in [0.05, 0.1) is 0 Å². The summed E-state index contributed by atoms with van der Waals surface area (Å²) >= 11 is 6.73. The second kappa shape index (κ2) is 7.70. The number of hydrogen-bond donors (Lipinski definition) is 1. The summed E-state index contributed by atoms with van der Waals surface area (Å²) in [5, 5.41) is 9.54. The Bertz CT molecular complexity index is 352. The van der Waals surface area contributed by atoms with E-state index in [9.17, 15) is 9.90 Å². The summed E-state index contributed by atoms with van der Waals surface area (Å²) in [6.45, 7) is 8.64. The fourth-order valence-electron chi connectivity index (χ4n) is 2.25. The lowest BCUT2D eigenvalue weighted by atomic mass is 9.88. The van der Waals surface area contributed by atoms with E-state index in [0.717, 1.165) is 19.3 Å². The number of nitrogens with zero attached hydrogens (tertiary/aromatic N) is 1. The predicted molar refractivity (Wildman–Crippen MR) is 85.6 cm³/mol. The molecule has 3 nitrogen and oxygen atoms in total. The third-order valence-electron chi connectivity index (χ3n) is 3.29. The molecule has 0 unspecified atom stereocenters. The van der Waals surface area contributed by atoms with Gasteiger partial charge in [0, 0.05) is 13.1 Å². The quantitative estimate of drug-likeness (QED) is 0.601. The summed E-state index contributed by atoms with van der Waals surface area (Å²) in [6, 6.07) is 0. The molecular weight excluding hydrogens is 278 g/mol. The SMILES string of the molecule is C=CCN(CC=C)C(=S)SC1(C(=O)O)CCCCC1. The van der Waals surface area contributed by atoms with Gasteiger partial charge in [-0.15, -0.1) is 13.2 Å². The van der Waals surface area contributed by atoms with Gasteiger partial charge in [-0.2, -0.15) is 0 Å². The first kappa shape index (κ1) is 16.2. The summed E-state index contributed by atoms with van der Waals surface area (Å²) in [6.07, 6.45) is 7.97. The molecule has 1 N–H and O–H groups in total. The van der Waals surface area contributed by atoms with Gasteiger partial charge in [0.15, 0.2) is 0 Å². The molecule has 0 saturated heterocycles. The van der Waals surface area contributed by atoms with Gasteiger partial charge in [0.25, 0.3) is 0 Å². The Kier molecular flexibility index (Phi) is 6.58. The highest BCUT2D eigenvalue weighted by atomic mass is 32.2. The Hall–Kier alpha value is -0.810. The maximum Gasteiger partial charge on any atom is 0.320 e. The van der Waals surface area contributed by atoms with Crippen molar-refractivity contribution in [3.05, 3.63) is 25.3 Å². The number of carbonyl (C=O) groups is 1. The van der Waals surface area contributed by atoms with Crippen LogP contribution in [0.2, 0.25) is 0 Å². The minimum absolute atomic E-state index is 0.619. The van der Waals surface area contributed by atoms with Crippen LogP contribution in [-0.4, -0.2) is 38.1 Å². The van der Waals surface area contributed by atoms with Crippen LogP contribution in [0.15, 0.2) is 25.3 Å². The number of rotatable bonds is 6. The van der Waals surface area contributed by atoms with Crippen molar-refractivity contribution < 1.29 is 9.90 Å². The van der Waals surface area contributed by atoms with Crippen LogP contribution in [0.25, 0.3) is 0 Å². The van der Waals surface area contributed by atoms with Crippen molar-refractivity contribution in [1.29, 1.82) is 0 Å². The molecule has 0 heterocycles. The number of hydrogen-bond acceptors (Lipinski definition) is 3. The second-order valence-electron chi connectivity index (χ2n) is 4.71. The van der Waals surface area contributed by atoms with Crippen LogP contribution >= 0.6 is 24.0 Å². The van der Waals surface area contributed by atoms with Crippen LogP contribution in [0, 0.1) is 0 Å². The Balaban J connectivity index is 2.77. The highest BCUT2D eigenvalue weighted by Crippen LogP contribution is 2.41. The molecule has 1 aliphatic rings. The summed E-state index contributed by atoms with van der Waals surface area (Å²) in [4.78, 5) is 13.5. The predicted octanol–water partition coefficient (Wildman–Crippen LogP) is 3.47. The normalized spacial score (nSPS) is 17.5. The van der Waals surface area contributed by atoms with E-state index >= 15 is 0 Å². The first-order chi connectivity index (χ1) is 9.05. The van der Waals surface area contributed by atoms with Crippen LogP contribution in [-0.2, 0) is 4.79 Å². The summed E-state index contributed by atoms with van der Waals surface area (Å²) in [5.74, 6) is -0.739. The van der Waals surface area contributed by atoms with Crippen LogP contribution in [0.4, 0.5) is 0 Å². The molecule has 19 heavy (non-hydrogen) atoms. The van der Waals surface area contributed by atoms with E-state index in [1.165, 1.54) is 11.8 Å². The van der Waals surface area contributed by atoms with Gasteiger partial charge in [-0.3, -0.25) is 4.79 Å². The van der Waals surface area contributed by atoms with Crippen molar-refractivity contribution in [1.82, 2.24) is 4.90 Å². The minimum Gasteiger partial charge on any atom is -0.480 e. The summed E-state index contributed by atoms with van der Waals surface area (Å²) in [7, 11) is 0. The van der Waals surface area contributed by atoms with Gasteiger partial charge < -0.3 is 10.0 Å². The average molecular weight is 299 g/mol. The molecule has 0 aromatic heterocycles. The van der Waals surface area contributed by atoms with Crippen molar-refractivity contribution in [3.63, 3.8) is 0 Å². The Morgan fingerprint density at radius 1 is 1.26 bits per heavy atom. The molecule has 0 radical (unpaired) electrons. The highest BCUT2D eigenvalue weighted by Gasteiger charge is 2.42. The molecule has 0 aliphatic heterocycles. The largest absolute Gasteiger partial charge is 0.480 e. The second-order valence-corrected chi connectivity index (χ2v) is 6.73. The van der Waals surface area contributed by atoms with Crippen LogP contribution in [0.1, 0.15) is 32.1 Å². The van der Waals surface area contributed by atoms with Crippen LogP contribution in [0.3, 0.4) is 0 Å². The Morgan fingerprint density at radius 2 is 1.79 bits per heavy atom. The van der Waals surface area contributed by atoms with Crippen molar-refractivity contribution >= 4 is 34.3 Å². The lowest BCUT2D eigenvalue weighted by Crippen LogP contribution is -2.41. The third kappa shape index (κ3) is 4.35. The first-order valence-corrected chi connectivity index (χ1v) is 7.71. The Labute approximate surface area is 124 Å². The van der Waals surface area contributed by atoms with Gasteiger partial charge in [-0.05, 0) is 12.8 Å². The van der Waals surface area contributed by atoms with Crippen LogP contribution in [0.5, 0.6) is 0 Å². The molecule has 1 saturated carbocycles. The van der Waals surface area contributed by atoms with E-state index in [1.54, 1.807) is 12.2 Å². The average Bonchev–Trinajstić information content (AvgIpc) is 2.39. The molecule has 0 bridgehead atoms. The molecule has 0 aromatic carbocycles. The molecule has 5 heteroatoms. The zero-order valence-electron chi connectivity index (χ0n) is 11.1. The summed E-state index contributed by atoms with van der Waals surface area (Å²) < 4.78 is -0.111. The zero-order valence-corrected chi connectivity index (χ0v) is 12.8. The molecule has 1 rings (SSSR count). The molecule has 1 aliphatic carbocycles. The van der Waals surface area contributed by atoms with Crippen LogP contribution < -0.4 is 0 Å². The zero-order chi connectivity index (χ0) is 14.3. The number of carboxylic acids is 1. The fourth-order valence-corrected chi connectivity index (χ4v) is 4.07. The third-order valence-corrected chi connectivity index (χ3v) is 5.21. The van der Waals surface area contributed by atoms with Crippen molar-refractivity contribution in [2.45, 2.75) is 36.9 Å². The lowest BCUT2D eigenvalue weighted by molar-refractivity contribution is -0.140. The van der Waals surface area contributed by atoms with E-state index in [-0.39, 0.29) is 0 Å². The van der Waals surface area contributed by atoms with E-state index < -0.39 is 10.7 Å². The van der Waals surface area contributed by atoms with Gasteiger partial charge in [0.1, 0.15) is 9.07 Å². The fraction of sp³-hybridized carbons (Fsp3) is 0.571. The van der Waals surface area contributed by atoms with Crippen molar-refractivity contribution in [2.75, 3.05) is 13.1 Å². The van der Waals surface area contributed by atoms with Crippen molar-refractivity contribution in [3.8, 4) is 0 Å². The van der Waals surface area contributed by atoms with Gasteiger partial charge in [-0.1, -0.05) is 55.4 Å². The van der Waals surface area contributed by atoms with E-state index in [1.807, 2.05) is 4.90 Å².